The van der Waals surface area contributed by atoms with Gasteiger partial charge in [0, 0.05) is 36.8 Å². The van der Waals surface area contributed by atoms with Gasteiger partial charge in [0.25, 0.3) is 0 Å². The highest BCUT2D eigenvalue weighted by molar-refractivity contribution is 6.33. The molecule has 40 heavy (non-hydrogen) atoms. The molecule has 2 aromatic carbocycles. The van der Waals surface area contributed by atoms with E-state index in [1.807, 2.05) is 36.2 Å². The van der Waals surface area contributed by atoms with Crippen molar-refractivity contribution in [3.05, 3.63) is 58.6 Å². The first kappa shape index (κ1) is 31.0. The van der Waals surface area contributed by atoms with Gasteiger partial charge in [-0.2, -0.15) is 0 Å². The third-order valence-corrected chi connectivity index (χ3v) is 9.17. The number of hydrogen-bond acceptors (Lipinski definition) is 5. The largest absolute Gasteiger partial charge is 0.385 e. The van der Waals surface area contributed by atoms with Gasteiger partial charge in [-0.15, -0.1) is 0 Å². The summed E-state index contributed by atoms with van der Waals surface area (Å²) in [6, 6.07) is 14.1. The average Bonchev–Trinajstić information content (AvgIpc) is 2.99. The molecule has 1 saturated heterocycles. The number of unbranched alkanes of at least 4 members (excludes halogenated alkanes) is 1. The minimum absolute atomic E-state index is 0.0557. The molecule has 220 valence electrons. The second-order valence-corrected chi connectivity index (χ2v) is 11.9. The Hall–Kier alpha value is -1.96. The van der Waals surface area contributed by atoms with E-state index in [-0.39, 0.29) is 11.8 Å². The number of rotatable bonds is 12. The van der Waals surface area contributed by atoms with E-state index < -0.39 is 11.7 Å². The van der Waals surface area contributed by atoms with E-state index >= 15 is 0 Å². The molecule has 2 N–H and O–H groups in total. The number of carbonyl (C=O) groups is 1. The van der Waals surface area contributed by atoms with Gasteiger partial charge in [-0.05, 0) is 93.6 Å². The standard InChI is InChI=1S/C33H47ClN2O4/c1-4-24-9-7-10-27(21-24)31-28(11-8-12-29(31)34)33(38,17-5-6-19-39-3)30-23-36(18-20-40-30)32(37)26-15-13-25(14-16-26)22-35-2/h7-12,21,25-26,30,35,38H,4-6,13-20,22-23H2,1-3H3/t25-,26-,30?,33?. The van der Waals surface area contributed by atoms with E-state index in [1.54, 1.807) is 7.11 Å². The van der Waals surface area contributed by atoms with E-state index in [0.29, 0.717) is 43.7 Å². The molecule has 0 aromatic heterocycles. The van der Waals surface area contributed by atoms with Crippen LogP contribution < -0.4 is 5.32 Å². The summed E-state index contributed by atoms with van der Waals surface area (Å²) in [5.41, 5.74) is 2.47. The third-order valence-electron chi connectivity index (χ3n) is 8.86. The fourth-order valence-corrected chi connectivity index (χ4v) is 6.82. The summed E-state index contributed by atoms with van der Waals surface area (Å²) in [6.07, 6.45) is 6.45. The number of carbonyl (C=O) groups excluding carboxylic acids is 1. The van der Waals surface area contributed by atoms with Gasteiger partial charge in [0.1, 0.15) is 11.7 Å². The summed E-state index contributed by atoms with van der Waals surface area (Å²) >= 11 is 6.86. The molecule has 2 aliphatic rings. The molecule has 2 aromatic rings. The first-order chi connectivity index (χ1) is 19.4. The first-order valence-electron chi connectivity index (χ1n) is 15.1. The normalized spacial score (nSPS) is 23.1. The zero-order valence-corrected chi connectivity index (χ0v) is 25.2. The summed E-state index contributed by atoms with van der Waals surface area (Å²) in [5.74, 6) is 0.913. The van der Waals surface area contributed by atoms with Crippen LogP contribution in [0.25, 0.3) is 11.1 Å². The van der Waals surface area contributed by atoms with Gasteiger partial charge in [0.2, 0.25) is 5.91 Å². The Morgan fingerprint density at radius 3 is 2.67 bits per heavy atom. The van der Waals surface area contributed by atoms with Crippen LogP contribution in [0.15, 0.2) is 42.5 Å². The van der Waals surface area contributed by atoms with Crippen LogP contribution in [0, 0.1) is 11.8 Å². The predicted molar refractivity (Wildman–Crippen MR) is 162 cm³/mol. The predicted octanol–water partition coefficient (Wildman–Crippen LogP) is 5.83. The van der Waals surface area contributed by atoms with Crippen molar-refractivity contribution in [3.8, 4) is 11.1 Å². The maximum atomic E-state index is 13.7. The van der Waals surface area contributed by atoms with Crippen molar-refractivity contribution in [2.75, 3.05) is 47.0 Å². The Balaban J connectivity index is 1.63. The lowest BCUT2D eigenvalue weighted by Gasteiger charge is -2.44. The number of hydrogen-bond donors (Lipinski definition) is 2. The van der Waals surface area contributed by atoms with Crippen molar-refractivity contribution in [1.82, 2.24) is 10.2 Å². The Kier molecular flexibility index (Phi) is 11.5. The molecule has 0 radical (unpaired) electrons. The lowest BCUT2D eigenvalue weighted by Crippen LogP contribution is -2.55. The van der Waals surface area contributed by atoms with E-state index in [0.717, 1.165) is 68.2 Å². The van der Waals surface area contributed by atoms with E-state index in [1.165, 1.54) is 5.56 Å². The summed E-state index contributed by atoms with van der Waals surface area (Å²) in [6.45, 7) is 5.12. The van der Waals surface area contributed by atoms with Crippen LogP contribution >= 0.6 is 11.6 Å². The summed E-state index contributed by atoms with van der Waals surface area (Å²) < 4.78 is 11.6. The number of aryl methyl sites for hydroxylation is 1. The highest BCUT2D eigenvalue weighted by Crippen LogP contribution is 2.43. The van der Waals surface area contributed by atoms with Crippen LogP contribution in [0.1, 0.15) is 63.0 Å². The fraction of sp³-hybridized carbons (Fsp3) is 0.606. The highest BCUT2D eigenvalue weighted by Gasteiger charge is 2.45. The fourth-order valence-electron chi connectivity index (χ4n) is 6.53. The van der Waals surface area contributed by atoms with Crippen LogP contribution in [-0.4, -0.2) is 69.0 Å². The molecule has 0 bridgehead atoms. The van der Waals surface area contributed by atoms with Crippen LogP contribution in [0.4, 0.5) is 0 Å². The monoisotopic (exact) mass is 570 g/mol. The molecule has 1 heterocycles. The Morgan fingerprint density at radius 2 is 1.95 bits per heavy atom. The molecule has 1 aliphatic heterocycles. The van der Waals surface area contributed by atoms with Gasteiger partial charge in [-0.1, -0.05) is 54.9 Å². The molecule has 4 rings (SSSR count). The van der Waals surface area contributed by atoms with Crippen LogP contribution in [0.3, 0.4) is 0 Å². The number of benzene rings is 2. The van der Waals surface area contributed by atoms with E-state index in [2.05, 4.69) is 30.4 Å². The molecule has 7 heteroatoms. The van der Waals surface area contributed by atoms with Crippen LogP contribution in [0.5, 0.6) is 0 Å². The van der Waals surface area contributed by atoms with Crippen LogP contribution in [-0.2, 0) is 26.3 Å². The molecule has 1 saturated carbocycles. The minimum atomic E-state index is -1.32. The number of ether oxygens (including phenoxy) is 2. The molecule has 6 nitrogen and oxygen atoms in total. The third kappa shape index (κ3) is 7.27. The molecular weight excluding hydrogens is 524 g/mol. The zero-order valence-electron chi connectivity index (χ0n) is 24.5. The van der Waals surface area contributed by atoms with Crippen molar-refractivity contribution < 1.29 is 19.4 Å². The molecule has 2 fully saturated rings. The van der Waals surface area contributed by atoms with Crippen LogP contribution in [0.2, 0.25) is 5.02 Å². The first-order valence-corrected chi connectivity index (χ1v) is 15.4. The topological polar surface area (TPSA) is 71.0 Å². The van der Waals surface area contributed by atoms with Gasteiger partial charge in [-0.3, -0.25) is 4.79 Å². The maximum Gasteiger partial charge on any atom is 0.225 e. The number of halogens is 1. The number of methoxy groups -OCH3 is 1. The molecular formula is C33H47ClN2O4. The number of aliphatic hydroxyl groups is 1. The quantitative estimate of drug-likeness (QED) is 0.314. The smallest absolute Gasteiger partial charge is 0.225 e. The number of nitrogens with zero attached hydrogens (tertiary/aromatic N) is 1. The van der Waals surface area contributed by atoms with Gasteiger partial charge in [-0.25, -0.2) is 0 Å². The van der Waals surface area contributed by atoms with Crippen molar-refractivity contribution in [1.29, 1.82) is 0 Å². The Labute approximate surface area is 245 Å². The number of nitrogens with one attached hydrogen (secondary N) is 1. The van der Waals surface area contributed by atoms with Gasteiger partial charge in [0.05, 0.1) is 13.2 Å². The second-order valence-electron chi connectivity index (χ2n) is 11.5. The minimum Gasteiger partial charge on any atom is -0.385 e. The van der Waals surface area contributed by atoms with Gasteiger partial charge in [0.15, 0.2) is 0 Å². The summed E-state index contributed by atoms with van der Waals surface area (Å²) in [7, 11) is 3.69. The average molecular weight is 571 g/mol. The summed E-state index contributed by atoms with van der Waals surface area (Å²) in [4.78, 5) is 15.6. The van der Waals surface area contributed by atoms with Crippen molar-refractivity contribution in [3.63, 3.8) is 0 Å². The lowest BCUT2D eigenvalue weighted by atomic mass is 9.78. The summed E-state index contributed by atoms with van der Waals surface area (Å²) in [5, 5.41) is 16.5. The van der Waals surface area contributed by atoms with Crippen molar-refractivity contribution >= 4 is 17.5 Å². The molecule has 1 aliphatic carbocycles. The SMILES string of the molecule is CCc1cccc(-c2c(Cl)cccc2C(O)(CCCCOC)C2CN(C(=O)[C@H]3CC[C@H](CNC)CC3)CCO2)c1. The molecule has 2 unspecified atom stereocenters. The second kappa shape index (κ2) is 14.8. The van der Waals surface area contributed by atoms with E-state index in [4.69, 9.17) is 21.1 Å². The number of morpholine rings is 1. The highest BCUT2D eigenvalue weighted by atomic mass is 35.5. The Morgan fingerprint density at radius 1 is 1.18 bits per heavy atom. The zero-order chi connectivity index (χ0) is 28.5. The number of amides is 1. The van der Waals surface area contributed by atoms with E-state index in [9.17, 15) is 9.90 Å². The van der Waals surface area contributed by atoms with Gasteiger partial charge >= 0.3 is 0 Å². The molecule has 1 amide bonds. The van der Waals surface area contributed by atoms with Crippen molar-refractivity contribution in [2.24, 2.45) is 11.8 Å². The van der Waals surface area contributed by atoms with Gasteiger partial charge < -0.3 is 24.8 Å². The van der Waals surface area contributed by atoms with Crippen molar-refractivity contribution in [2.45, 2.75) is 70.0 Å². The Bertz CT molecular complexity index is 1100. The molecule has 0 spiro atoms. The lowest BCUT2D eigenvalue weighted by molar-refractivity contribution is -0.168. The maximum absolute atomic E-state index is 13.7. The molecule has 2 atom stereocenters.